The summed E-state index contributed by atoms with van der Waals surface area (Å²) in [6.07, 6.45) is 1.95. The van der Waals surface area contributed by atoms with Crippen molar-refractivity contribution in [2.75, 3.05) is 0 Å². The van der Waals surface area contributed by atoms with Crippen LogP contribution in [0.5, 0.6) is 0 Å². The zero-order chi connectivity index (χ0) is 19.3. The van der Waals surface area contributed by atoms with Gasteiger partial charge in [0.2, 0.25) is 0 Å². The highest BCUT2D eigenvalue weighted by Gasteiger charge is 1.95. The summed E-state index contributed by atoms with van der Waals surface area (Å²) in [4.78, 5) is 0. The van der Waals surface area contributed by atoms with E-state index in [0.717, 1.165) is 12.8 Å². The monoisotopic (exact) mass is 400 g/mol. The molecule has 26 heavy (non-hydrogen) atoms. The lowest BCUT2D eigenvalue weighted by molar-refractivity contribution is 0.381. The molecule has 0 aromatic heterocycles. The highest BCUT2D eigenvalue weighted by molar-refractivity contribution is 7.79. The number of nitrogens with two attached hydrogens (primary N) is 2. The van der Waals surface area contributed by atoms with Crippen LogP contribution in [0.3, 0.4) is 0 Å². The van der Waals surface area contributed by atoms with Gasteiger partial charge in [-0.25, -0.2) is 0 Å². The zero-order valence-corrected chi connectivity index (χ0v) is 15.4. The third-order valence-corrected chi connectivity index (χ3v) is 2.80. The molecule has 0 unspecified atom stereocenters. The van der Waals surface area contributed by atoms with Gasteiger partial charge in [0.1, 0.15) is 0 Å². The molecule has 0 fully saturated rings. The van der Waals surface area contributed by atoms with Crippen LogP contribution in [0.1, 0.15) is 25.0 Å². The molecule has 0 amide bonds. The lowest BCUT2D eigenvalue weighted by Crippen LogP contribution is -2.17. The zero-order valence-electron chi connectivity index (χ0n) is 14.6. The Balaban J connectivity index is 0. The van der Waals surface area contributed by atoms with Crippen LogP contribution in [0.4, 0.5) is 0 Å². The van der Waals surface area contributed by atoms with E-state index in [4.69, 9.17) is 29.0 Å². The van der Waals surface area contributed by atoms with Crippen molar-refractivity contribution in [1.29, 1.82) is 0 Å². The number of hydrogen-bond donors (Lipinski definition) is 4. The van der Waals surface area contributed by atoms with E-state index in [1.54, 1.807) is 0 Å². The molecular formula is C18H32N2O4SSi. The molecule has 0 bridgehead atoms. The van der Waals surface area contributed by atoms with E-state index in [0.29, 0.717) is 0 Å². The van der Waals surface area contributed by atoms with Crippen LogP contribution >= 0.6 is 0 Å². The van der Waals surface area contributed by atoms with Crippen LogP contribution in [0, 0.1) is 0 Å². The third-order valence-electron chi connectivity index (χ3n) is 2.80. The van der Waals surface area contributed by atoms with Crippen molar-refractivity contribution in [1.82, 2.24) is 0 Å². The van der Waals surface area contributed by atoms with E-state index in [2.05, 4.69) is 24.3 Å². The van der Waals surface area contributed by atoms with Crippen LogP contribution < -0.4 is 11.5 Å². The summed E-state index contributed by atoms with van der Waals surface area (Å²) in [5.74, 6) is 0. The maximum atomic E-state index is 8.74. The predicted octanol–water partition coefficient (Wildman–Crippen LogP) is 1.05. The Morgan fingerprint density at radius 2 is 1.00 bits per heavy atom. The van der Waals surface area contributed by atoms with Gasteiger partial charge < -0.3 is 11.5 Å². The Labute approximate surface area is 161 Å². The second kappa shape index (κ2) is 14.6. The summed E-state index contributed by atoms with van der Waals surface area (Å²) in [6.45, 7) is 4.04. The highest BCUT2D eigenvalue weighted by Crippen LogP contribution is 2.01. The van der Waals surface area contributed by atoms with Crippen LogP contribution in [-0.2, 0) is 23.2 Å². The first-order chi connectivity index (χ1) is 11.6. The van der Waals surface area contributed by atoms with Gasteiger partial charge in [0.15, 0.2) is 0 Å². The van der Waals surface area contributed by atoms with Crippen LogP contribution in [0.15, 0.2) is 60.7 Å². The third kappa shape index (κ3) is 20.5. The van der Waals surface area contributed by atoms with Gasteiger partial charge in [-0.05, 0) is 48.8 Å². The Hall–Kier alpha value is -1.55. The maximum Gasteiger partial charge on any atom is 0.394 e. The van der Waals surface area contributed by atoms with Crippen molar-refractivity contribution in [2.24, 2.45) is 11.5 Å². The second-order valence-corrected chi connectivity index (χ2v) is 6.68. The maximum absolute atomic E-state index is 8.74. The van der Waals surface area contributed by atoms with Gasteiger partial charge in [0.05, 0.1) is 0 Å². The minimum atomic E-state index is -4.67. The number of benzene rings is 2. The first-order valence-electron chi connectivity index (χ1n) is 7.86. The molecular weight excluding hydrogens is 368 g/mol. The predicted molar refractivity (Wildman–Crippen MR) is 113 cm³/mol. The van der Waals surface area contributed by atoms with Crippen molar-refractivity contribution in [2.45, 2.75) is 38.8 Å². The van der Waals surface area contributed by atoms with Gasteiger partial charge in [-0.15, -0.1) is 0 Å². The molecule has 2 rings (SSSR count). The normalized spacial score (nSPS) is 12.2. The quantitative estimate of drug-likeness (QED) is 0.449. The van der Waals surface area contributed by atoms with Crippen LogP contribution in [0.2, 0.25) is 0 Å². The molecule has 6 nitrogen and oxygen atoms in total. The molecule has 148 valence electrons. The van der Waals surface area contributed by atoms with Crippen molar-refractivity contribution in [3.63, 3.8) is 0 Å². The van der Waals surface area contributed by atoms with Gasteiger partial charge in [-0.3, -0.25) is 9.11 Å². The molecule has 0 radical (unpaired) electrons. The van der Waals surface area contributed by atoms with E-state index in [1.807, 2.05) is 50.2 Å². The minimum Gasteiger partial charge on any atom is -0.328 e. The lowest BCUT2D eigenvalue weighted by atomic mass is 10.1. The van der Waals surface area contributed by atoms with Crippen LogP contribution in [-0.4, -0.2) is 40.6 Å². The summed E-state index contributed by atoms with van der Waals surface area (Å²) in [5.41, 5.74) is 13.9. The van der Waals surface area contributed by atoms with Crippen molar-refractivity contribution in [3.05, 3.63) is 71.8 Å². The molecule has 2 aromatic rings. The SMILES string of the molecule is C[C@H](N)Cc1ccccc1.C[C@H](N)Cc1ccccc1.O=S(=O)(O)O.[SiH4]. The summed E-state index contributed by atoms with van der Waals surface area (Å²) in [5, 5.41) is 0. The summed E-state index contributed by atoms with van der Waals surface area (Å²) in [7, 11) is -4.67. The summed E-state index contributed by atoms with van der Waals surface area (Å²) >= 11 is 0. The molecule has 8 heteroatoms. The average Bonchev–Trinajstić information content (AvgIpc) is 2.47. The van der Waals surface area contributed by atoms with Gasteiger partial charge in [0.25, 0.3) is 0 Å². The Kier molecular flexibility index (Phi) is 15.0. The molecule has 0 spiro atoms. The first kappa shape index (κ1) is 26.7. The minimum absolute atomic E-state index is 0. The number of rotatable bonds is 4. The smallest absolute Gasteiger partial charge is 0.328 e. The van der Waals surface area contributed by atoms with Crippen molar-refractivity contribution >= 4 is 21.4 Å². The molecule has 0 heterocycles. The van der Waals surface area contributed by atoms with E-state index < -0.39 is 10.4 Å². The largest absolute Gasteiger partial charge is 0.394 e. The van der Waals surface area contributed by atoms with Crippen LogP contribution in [0.25, 0.3) is 0 Å². The first-order valence-corrected chi connectivity index (χ1v) is 9.26. The van der Waals surface area contributed by atoms with Gasteiger partial charge in [0, 0.05) is 12.1 Å². The fourth-order valence-corrected chi connectivity index (χ4v) is 1.97. The lowest BCUT2D eigenvalue weighted by Gasteiger charge is -2.02. The van der Waals surface area contributed by atoms with E-state index >= 15 is 0 Å². The van der Waals surface area contributed by atoms with E-state index in [9.17, 15) is 0 Å². The van der Waals surface area contributed by atoms with Gasteiger partial charge in [-0.2, -0.15) is 8.42 Å². The molecule has 0 aliphatic rings. The van der Waals surface area contributed by atoms with Gasteiger partial charge in [-0.1, -0.05) is 60.7 Å². The van der Waals surface area contributed by atoms with E-state index in [1.165, 1.54) is 11.1 Å². The molecule has 0 aliphatic heterocycles. The van der Waals surface area contributed by atoms with Crippen molar-refractivity contribution < 1.29 is 17.5 Å². The molecule has 6 N–H and O–H groups in total. The summed E-state index contributed by atoms with van der Waals surface area (Å²) < 4.78 is 31.6. The number of hydrogen-bond acceptors (Lipinski definition) is 4. The highest BCUT2D eigenvalue weighted by atomic mass is 32.3. The average molecular weight is 401 g/mol. The second-order valence-electron chi connectivity index (χ2n) is 5.78. The Bertz CT molecular complexity index is 613. The fourth-order valence-electron chi connectivity index (χ4n) is 1.97. The molecule has 0 saturated heterocycles. The molecule has 0 saturated carbocycles. The fraction of sp³-hybridized carbons (Fsp3) is 0.333. The van der Waals surface area contributed by atoms with Gasteiger partial charge >= 0.3 is 10.4 Å². The summed E-state index contributed by atoms with van der Waals surface area (Å²) in [6, 6.07) is 21.1. The molecule has 2 atom stereocenters. The van der Waals surface area contributed by atoms with E-state index in [-0.39, 0.29) is 23.0 Å². The van der Waals surface area contributed by atoms with Crippen molar-refractivity contribution in [3.8, 4) is 0 Å². The Morgan fingerprint density at radius 3 is 1.19 bits per heavy atom. The molecule has 2 aromatic carbocycles. The topological polar surface area (TPSA) is 127 Å². The Morgan fingerprint density at radius 1 is 0.769 bits per heavy atom. The standard InChI is InChI=1S/2C9H13N.H2O4S.H4Si/c2*1-8(10)7-9-5-3-2-4-6-9;1-5(2,3)4;/h2*2-6,8H,7,10H2,1H3;(H2,1,2,3,4);1H4/t2*8-;;/m00../s1. The molecule has 0 aliphatic carbocycles.